The van der Waals surface area contributed by atoms with Crippen molar-refractivity contribution < 1.29 is 13.9 Å². The second-order valence-electron chi connectivity index (χ2n) is 5.19. The molecule has 0 saturated heterocycles. The van der Waals surface area contributed by atoms with Crippen molar-refractivity contribution in [3.63, 3.8) is 0 Å². The Morgan fingerprint density at radius 3 is 2.52 bits per heavy atom. The molecule has 2 atom stereocenters. The van der Waals surface area contributed by atoms with Gasteiger partial charge in [-0.05, 0) is 13.0 Å². The van der Waals surface area contributed by atoms with Crippen LogP contribution in [-0.2, 0) is 12.1 Å². The average Bonchev–Trinajstić information content (AvgIpc) is 3.19. The van der Waals surface area contributed by atoms with Gasteiger partial charge in [0.25, 0.3) is 0 Å². The normalized spacial score (nSPS) is 15.3. The lowest BCUT2D eigenvalue weighted by atomic mass is 9.86. The van der Waals surface area contributed by atoms with Gasteiger partial charge in [0.2, 0.25) is 0 Å². The SMILES string of the molecule is C[C@@H](n1cncn1)[C@](O)(Cn1cncn1)c1ccc(F)cc1F. The van der Waals surface area contributed by atoms with Crippen molar-refractivity contribution in [2.24, 2.45) is 0 Å². The molecule has 0 aliphatic heterocycles. The summed E-state index contributed by atoms with van der Waals surface area (Å²) in [5.74, 6) is -1.57. The molecule has 23 heavy (non-hydrogen) atoms. The standard InChI is InChI=1S/C14H14F2N6O/c1-10(22-9-18-7-20-22)14(23,5-21-8-17-6-19-21)12-3-2-11(15)4-13(12)16/h2-4,6-10,23H,5H2,1H3/t10-,14-/m1/s1. The largest absolute Gasteiger partial charge is 0.381 e. The summed E-state index contributed by atoms with van der Waals surface area (Å²) in [6, 6.07) is 2.36. The third-order valence-electron chi connectivity index (χ3n) is 3.79. The summed E-state index contributed by atoms with van der Waals surface area (Å²) >= 11 is 0. The predicted octanol–water partition coefficient (Wildman–Crippen LogP) is 1.30. The molecule has 2 heterocycles. The van der Waals surface area contributed by atoms with Gasteiger partial charge in [-0.3, -0.25) is 0 Å². The second kappa shape index (κ2) is 5.84. The van der Waals surface area contributed by atoms with Gasteiger partial charge in [-0.2, -0.15) is 10.2 Å². The van der Waals surface area contributed by atoms with Crippen molar-refractivity contribution in [1.29, 1.82) is 0 Å². The molecular formula is C14H14F2N6O. The Morgan fingerprint density at radius 2 is 1.91 bits per heavy atom. The lowest BCUT2D eigenvalue weighted by Gasteiger charge is -2.34. The number of aliphatic hydroxyl groups is 1. The zero-order valence-electron chi connectivity index (χ0n) is 12.2. The maximum Gasteiger partial charge on any atom is 0.137 e. The van der Waals surface area contributed by atoms with Crippen LogP contribution in [0.5, 0.6) is 0 Å². The minimum Gasteiger partial charge on any atom is -0.381 e. The van der Waals surface area contributed by atoms with Crippen molar-refractivity contribution in [3.8, 4) is 0 Å². The zero-order valence-corrected chi connectivity index (χ0v) is 12.2. The Morgan fingerprint density at radius 1 is 1.17 bits per heavy atom. The lowest BCUT2D eigenvalue weighted by molar-refractivity contribution is -0.0370. The number of aromatic nitrogens is 6. The molecule has 0 radical (unpaired) electrons. The molecule has 3 rings (SSSR count). The monoisotopic (exact) mass is 320 g/mol. The van der Waals surface area contributed by atoms with Crippen LogP contribution in [0.1, 0.15) is 18.5 Å². The van der Waals surface area contributed by atoms with Crippen LogP contribution < -0.4 is 0 Å². The van der Waals surface area contributed by atoms with Gasteiger partial charge in [0.05, 0.1) is 12.6 Å². The number of benzene rings is 1. The first-order valence-electron chi connectivity index (χ1n) is 6.85. The quantitative estimate of drug-likeness (QED) is 0.766. The summed E-state index contributed by atoms with van der Waals surface area (Å²) < 4.78 is 30.3. The summed E-state index contributed by atoms with van der Waals surface area (Å²) in [6.45, 7) is 1.57. The Labute approximate surface area is 130 Å². The molecule has 0 fully saturated rings. The Bertz CT molecular complexity index is 777. The molecule has 1 aromatic carbocycles. The van der Waals surface area contributed by atoms with Crippen LogP contribution in [0.2, 0.25) is 0 Å². The molecule has 2 aromatic heterocycles. The van der Waals surface area contributed by atoms with Gasteiger partial charge >= 0.3 is 0 Å². The van der Waals surface area contributed by atoms with Gasteiger partial charge in [-0.25, -0.2) is 28.1 Å². The summed E-state index contributed by atoms with van der Waals surface area (Å²) in [5, 5.41) is 19.2. The molecule has 7 nitrogen and oxygen atoms in total. The summed E-state index contributed by atoms with van der Waals surface area (Å²) in [7, 11) is 0. The molecule has 0 spiro atoms. The third kappa shape index (κ3) is 2.82. The Kier molecular flexibility index (Phi) is 3.87. The van der Waals surface area contributed by atoms with E-state index in [0.717, 1.165) is 12.1 Å². The smallest absolute Gasteiger partial charge is 0.137 e. The van der Waals surface area contributed by atoms with Crippen LogP contribution in [0.15, 0.2) is 43.5 Å². The van der Waals surface area contributed by atoms with Gasteiger partial charge in [0.1, 0.15) is 42.5 Å². The third-order valence-corrected chi connectivity index (χ3v) is 3.79. The first-order chi connectivity index (χ1) is 11.0. The molecule has 0 unspecified atom stereocenters. The summed E-state index contributed by atoms with van der Waals surface area (Å²) in [5.41, 5.74) is -1.79. The number of halogens is 2. The van der Waals surface area contributed by atoms with Crippen LogP contribution in [-0.4, -0.2) is 34.6 Å². The number of rotatable bonds is 5. The maximum absolute atomic E-state index is 14.3. The van der Waals surface area contributed by atoms with Crippen LogP contribution >= 0.6 is 0 Å². The fraction of sp³-hybridized carbons (Fsp3) is 0.286. The van der Waals surface area contributed by atoms with Crippen LogP contribution in [0.4, 0.5) is 8.78 Å². The highest BCUT2D eigenvalue weighted by atomic mass is 19.1. The van der Waals surface area contributed by atoms with E-state index >= 15 is 0 Å². The van der Waals surface area contributed by atoms with E-state index in [2.05, 4.69) is 20.2 Å². The van der Waals surface area contributed by atoms with Crippen LogP contribution in [0.3, 0.4) is 0 Å². The maximum atomic E-state index is 14.3. The first kappa shape index (κ1) is 15.2. The van der Waals surface area contributed by atoms with Gasteiger partial charge in [0.15, 0.2) is 0 Å². The molecule has 3 aromatic rings. The summed E-state index contributed by atoms with van der Waals surface area (Å²) in [4.78, 5) is 7.65. The van der Waals surface area contributed by atoms with Crippen LogP contribution in [0.25, 0.3) is 0 Å². The summed E-state index contributed by atoms with van der Waals surface area (Å²) in [6.07, 6.45) is 5.44. The molecule has 120 valence electrons. The molecule has 1 N–H and O–H groups in total. The van der Waals surface area contributed by atoms with E-state index in [9.17, 15) is 13.9 Å². The van der Waals surface area contributed by atoms with E-state index in [1.807, 2.05) is 0 Å². The highest BCUT2D eigenvalue weighted by Crippen LogP contribution is 2.36. The van der Waals surface area contributed by atoms with E-state index < -0.39 is 23.3 Å². The van der Waals surface area contributed by atoms with Crippen molar-refractivity contribution in [2.75, 3.05) is 0 Å². The molecule has 0 bridgehead atoms. The second-order valence-corrected chi connectivity index (χ2v) is 5.19. The van der Waals surface area contributed by atoms with Crippen LogP contribution in [0, 0.1) is 11.6 Å². The molecular weight excluding hydrogens is 306 g/mol. The first-order valence-corrected chi connectivity index (χ1v) is 6.85. The van der Waals surface area contributed by atoms with E-state index in [1.165, 1.54) is 40.7 Å². The van der Waals surface area contributed by atoms with E-state index in [1.54, 1.807) is 6.92 Å². The molecule has 9 heteroatoms. The van der Waals surface area contributed by atoms with E-state index in [-0.39, 0.29) is 12.1 Å². The van der Waals surface area contributed by atoms with Gasteiger partial charge < -0.3 is 5.11 Å². The van der Waals surface area contributed by atoms with Gasteiger partial charge in [-0.1, -0.05) is 6.07 Å². The van der Waals surface area contributed by atoms with E-state index in [0.29, 0.717) is 0 Å². The fourth-order valence-corrected chi connectivity index (χ4v) is 2.48. The highest BCUT2D eigenvalue weighted by Gasteiger charge is 2.40. The van der Waals surface area contributed by atoms with Crippen molar-refractivity contribution in [1.82, 2.24) is 29.5 Å². The van der Waals surface area contributed by atoms with Crippen molar-refractivity contribution in [3.05, 3.63) is 60.7 Å². The molecule has 0 aliphatic rings. The number of nitrogens with zero attached hydrogens (tertiary/aromatic N) is 6. The minimum atomic E-state index is -1.74. The fourth-order valence-electron chi connectivity index (χ4n) is 2.48. The average molecular weight is 320 g/mol. The minimum absolute atomic E-state index is 0.0580. The van der Waals surface area contributed by atoms with Crippen molar-refractivity contribution in [2.45, 2.75) is 25.1 Å². The molecule has 0 saturated carbocycles. The van der Waals surface area contributed by atoms with E-state index in [4.69, 9.17) is 0 Å². The number of hydrogen-bond donors (Lipinski definition) is 1. The lowest BCUT2D eigenvalue weighted by Crippen LogP contribution is -2.40. The Hall–Kier alpha value is -2.68. The molecule has 0 aliphatic carbocycles. The van der Waals surface area contributed by atoms with Gasteiger partial charge in [0, 0.05) is 11.6 Å². The van der Waals surface area contributed by atoms with Crippen molar-refractivity contribution >= 4 is 0 Å². The zero-order chi connectivity index (χ0) is 16.4. The number of hydrogen-bond acceptors (Lipinski definition) is 5. The Balaban J connectivity index is 2.08. The molecule has 0 amide bonds. The van der Waals surface area contributed by atoms with Gasteiger partial charge in [-0.15, -0.1) is 0 Å². The predicted molar refractivity (Wildman–Crippen MR) is 75.0 cm³/mol. The topological polar surface area (TPSA) is 81.6 Å². The highest BCUT2D eigenvalue weighted by molar-refractivity contribution is 5.26.